The highest BCUT2D eigenvalue weighted by atomic mass is 19.1. The number of esters is 2. The molecule has 160 valence electrons. The predicted molar refractivity (Wildman–Crippen MR) is 114 cm³/mol. The van der Waals surface area contributed by atoms with Crippen molar-refractivity contribution in [2.24, 2.45) is 0 Å². The van der Waals surface area contributed by atoms with Crippen LogP contribution in [-0.4, -0.2) is 24.1 Å². The van der Waals surface area contributed by atoms with Crippen LogP contribution < -0.4 is 0 Å². The van der Waals surface area contributed by atoms with E-state index < -0.39 is 0 Å². The molecule has 0 bridgehead atoms. The zero-order valence-electron chi connectivity index (χ0n) is 17.4. The number of hydrogen-bond acceptors (Lipinski definition) is 4. The average Bonchev–Trinajstić information content (AvgIpc) is 2.76. The lowest BCUT2D eigenvalue weighted by Gasteiger charge is -2.28. The first-order valence-corrected chi connectivity index (χ1v) is 10.8. The van der Waals surface area contributed by atoms with E-state index in [1.807, 2.05) is 12.1 Å². The molecule has 2 aromatic rings. The van der Waals surface area contributed by atoms with E-state index in [2.05, 4.69) is 6.92 Å². The molecular weight excluding hydrogens is 383 g/mol. The second kappa shape index (κ2) is 10.9. The molecular formula is C25H29FO4. The van der Waals surface area contributed by atoms with E-state index in [4.69, 9.17) is 9.47 Å². The van der Waals surface area contributed by atoms with E-state index in [0.29, 0.717) is 24.8 Å². The van der Waals surface area contributed by atoms with Gasteiger partial charge in [0, 0.05) is 6.42 Å². The van der Waals surface area contributed by atoms with Crippen LogP contribution in [0.15, 0.2) is 48.5 Å². The van der Waals surface area contributed by atoms with Gasteiger partial charge < -0.3 is 9.47 Å². The second-order valence-corrected chi connectivity index (χ2v) is 7.84. The van der Waals surface area contributed by atoms with Gasteiger partial charge in [0.15, 0.2) is 0 Å². The average molecular weight is 413 g/mol. The third-order valence-corrected chi connectivity index (χ3v) is 5.48. The van der Waals surface area contributed by atoms with Crippen molar-refractivity contribution < 1.29 is 23.5 Å². The Hall–Kier alpha value is -2.69. The highest BCUT2D eigenvalue weighted by molar-refractivity contribution is 5.90. The summed E-state index contributed by atoms with van der Waals surface area (Å²) >= 11 is 0. The van der Waals surface area contributed by atoms with Gasteiger partial charge in [-0.05, 0) is 67.5 Å². The van der Waals surface area contributed by atoms with Gasteiger partial charge in [-0.1, -0.05) is 44.0 Å². The number of carbonyl (C=O) groups is 2. The number of hydrogen-bond donors (Lipinski definition) is 0. The van der Waals surface area contributed by atoms with Crippen LogP contribution in [0.1, 0.15) is 68.6 Å². The Kier molecular flexibility index (Phi) is 8.00. The third-order valence-electron chi connectivity index (χ3n) is 5.48. The molecule has 1 fully saturated rings. The van der Waals surface area contributed by atoms with Crippen LogP contribution >= 0.6 is 0 Å². The first-order valence-electron chi connectivity index (χ1n) is 10.8. The number of unbranched alkanes of at least 4 members (excludes halogenated alkanes) is 2. The Morgan fingerprint density at radius 2 is 1.37 bits per heavy atom. The molecule has 3 rings (SSSR count). The van der Waals surface area contributed by atoms with E-state index in [0.717, 1.165) is 43.2 Å². The highest BCUT2D eigenvalue weighted by Crippen LogP contribution is 2.26. The van der Waals surface area contributed by atoms with Crippen LogP contribution in [0.2, 0.25) is 0 Å². The Labute approximate surface area is 177 Å². The summed E-state index contributed by atoms with van der Waals surface area (Å²) in [6.07, 6.45) is 6.12. The fraction of sp³-hybridized carbons (Fsp3) is 0.440. The molecule has 0 atom stereocenters. The smallest absolute Gasteiger partial charge is 0.338 e. The molecule has 30 heavy (non-hydrogen) atoms. The minimum Gasteiger partial charge on any atom is -0.462 e. The maximum Gasteiger partial charge on any atom is 0.338 e. The van der Waals surface area contributed by atoms with Crippen LogP contribution in [0.5, 0.6) is 0 Å². The summed E-state index contributed by atoms with van der Waals surface area (Å²) in [6.45, 7) is 2.10. The molecule has 0 amide bonds. The highest BCUT2D eigenvalue weighted by Gasteiger charge is 2.26. The number of halogens is 1. The number of carbonyl (C=O) groups excluding carboxylic acids is 2. The first kappa shape index (κ1) is 22.0. The Morgan fingerprint density at radius 1 is 0.833 bits per heavy atom. The van der Waals surface area contributed by atoms with Crippen molar-refractivity contribution in [1.29, 1.82) is 0 Å². The fourth-order valence-corrected chi connectivity index (χ4v) is 3.69. The molecule has 0 heterocycles. The lowest BCUT2D eigenvalue weighted by molar-refractivity contribution is -0.151. The number of rotatable bonds is 8. The zero-order valence-corrected chi connectivity index (χ0v) is 17.4. The van der Waals surface area contributed by atoms with Gasteiger partial charge in [0.05, 0.1) is 5.56 Å². The minimum atomic E-state index is -0.347. The SMILES string of the molecule is CCCCCC(=O)OC1CCC(OC(=O)c2ccc(-c3ccc(F)cc3)cc2)CC1. The third kappa shape index (κ3) is 6.41. The maximum atomic E-state index is 13.1. The van der Waals surface area contributed by atoms with Crippen molar-refractivity contribution in [2.75, 3.05) is 0 Å². The van der Waals surface area contributed by atoms with Crippen molar-refractivity contribution in [1.82, 2.24) is 0 Å². The molecule has 0 aliphatic heterocycles. The molecule has 4 nitrogen and oxygen atoms in total. The summed E-state index contributed by atoms with van der Waals surface area (Å²) in [7, 11) is 0. The van der Waals surface area contributed by atoms with Gasteiger partial charge in [-0.3, -0.25) is 4.79 Å². The van der Waals surface area contributed by atoms with Crippen molar-refractivity contribution in [3.63, 3.8) is 0 Å². The van der Waals surface area contributed by atoms with Gasteiger partial charge in [-0.25, -0.2) is 9.18 Å². The Balaban J connectivity index is 1.44. The lowest BCUT2D eigenvalue weighted by atomic mass is 9.95. The van der Waals surface area contributed by atoms with Gasteiger partial charge in [0.2, 0.25) is 0 Å². The van der Waals surface area contributed by atoms with Crippen LogP contribution in [0.25, 0.3) is 11.1 Å². The van der Waals surface area contributed by atoms with Crippen LogP contribution in [0, 0.1) is 5.82 Å². The summed E-state index contributed by atoms with van der Waals surface area (Å²) in [6, 6.07) is 13.4. The Morgan fingerprint density at radius 3 is 1.93 bits per heavy atom. The van der Waals surface area contributed by atoms with E-state index >= 15 is 0 Å². The molecule has 1 aliphatic carbocycles. The summed E-state index contributed by atoms with van der Waals surface area (Å²) in [5, 5.41) is 0. The van der Waals surface area contributed by atoms with Gasteiger partial charge in [0.1, 0.15) is 18.0 Å². The van der Waals surface area contributed by atoms with Gasteiger partial charge in [-0.15, -0.1) is 0 Å². The second-order valence-electron chi connectivity index (χ2n) is 7.84. The van der Waals surface area contributed by atoms with Gasteiger partial charge in [0.25, 0.3) is 0 Å². The summed E-state index contributed by atoms with van der Waals surface area (Å²) in [5.41, 5.74) is 2.29. The molecule has 0 saturated heterocycles. The van der Waals surface area contributed by atoms with Gasteiger partial charge in [-0.2, -0.15) is 0 Å². The van der Waals surface area contributed by atoms with Gasteiger partial charge >= 0.3 is 11.9 Å². The van der Waals surface area contributed by atoms with E-state index in [1.54, 1.807) is 24.3 Å². The largest absolute Gasteiger partial charge is 0.462 e. The molecule has 0 unspecified atom stereocenters. The maximum absolute atomic E-state index is 13.1. The van der Waals surface area contributed by atoms with E-state index in [-0.39, 0.29) is 30.0 Å². The van der Waals surface area contributed by atoms with Crippen molar-refractivity contribution >= 4 is 11.9 Å². The first-order chi connectivity index (χ1) is 14.5. The summed E-state index contributed by atoms with van der Waals surface area (Å²) in [5.74, 6) is -0.745. The summed E-state index contributed by atoms with van der Waals surface area (Å²) < 4.78 is 24.2. The molecule has 2 aromatic carbocycles. The summed E-state index contributed by atoms with van der Waals surface area (Å²) in [4.78, 5) is 24.3. The van der Waals surface area contributed by atoms with Crippen molar-refractivity contribution in [3.8, 4) is 11.1 Å². The molecule has 0 aromatic heterocycles. The normalized spacial score (nSPS) is 18.6. The van der Waals surface area contributed by atoms with Crippen molar-refractivity contribution in [2.45, 2.75) is 70.5 Å². The van der Waals surface area contributed by atoms with Crippen LogP contribution in [-0.2, 0) is 14.3 Å². The molecule has 1 saturated carbocycles. The zero-order chi connectivity index (χ0) is 21.3. The number of ether oxygens (including phenoxy) is 2. The topological polar surface area (TPSA) is 52.6 Å². The molecule has 0 N–H and O–H groups in total. The molecule has 0 radical (unpaired) electrons. The van der Waals surface area contributed by atoms with Crippen LogP contribution in [0.3, 0.4) is 0 Å². The number of benzene rings is 2. The Bertz CT molecular complexity index is 821. The van der Waals surface area contributed by atoms with E-state index in [9.17, 15) is 14.0 Å². The lowest BCUT2D eigenvalue weighted by Crippen LogP contribution is -2.29. The van der Waals surface area contributed by atoms with Crippen LogP contribution in [0.4, 0.5) is 4.39 Å². The fourth-order valence-electron chi connectivity index (χ4n) is 3.69. The molecule has 0 spiro atoms. The standard InChI is InChI=1S/C25H29FO4/c1-2-3-4-5-24(27)29-22-14-16-23(17-15-22)30-25(28)20-8-6-18(7-9-20)19-10-12-21(26)13-11-19/h6-13,22-23H,2-5,14-17H2,1H3. The monoisotopic (exact) mass is 412 g/mol. The molecule has 1 aliphatic rings. The van der Waals surface area contributed by atoms with E-state index in [1.165, 1.54) is 12.1 Å². The van der Waals surface area contributed by atoms with Crippen molar-refractivity contribution in [3.05, 3.63) is 59.9 Å². The quantitative estimate of drug-likeness (QED) is 0.389. The predicted octanol–water partition coefficient (Wildman–Crippen LogP) is 6.08. The molecule has 5 heteroatoms. The minimum absolute atomic E-state index is 0.0657.